The summed E-state index contributed by atoms with van der Waals surface area (Å²) in [6.07, 6.45) is 1.19. The number of H-pyrrole nitrogens is 1. The van der Waals surface area contributed by atoms with Crippen molar-refractivity contribution in [1.29, 1.82) is 0 Å². The molecule has 0 radical (unpaired) electrons. The number of benzene rings is 1. The predicted octanol–water partition coefficient (Wildman–Crippen LogP) is 3.77. The van der Waals surface area contributed by atoms with Crippen LogP contribution in [-0.4, -0.2) is 10.8 Å². The topological polar surface area (TPSA) is 32.9 Å². The summed E-state index contributed by atoms with van der Waals surface area (Å²) in [6.45, 7) is 5.66. The van der Waals surface area contributed by atoms with Crippen molar-refractivity contribution in [3.05, 3.63) is 34.8 Å². The molecule has 0 spiro atoms. The summed E-state index contributed by atoms with van der Waals surface area (Å²) in [7, 11) is 0. The Kier molecular flexibility index (Phi) is 3.01. The van der Waals surface area contributed by atoms with Gasteiger partial charge in [0.05, 0.1) is 0 Å². The molecular weight excluding hydrogens is 217 g/mol. The van der Waals surface area contributed by atoms with Crippen LogP contribution in [0.3, 0.4) is 0 Å². The Morgan fingerprint density at radius 2 is 2.06 bits per heavy atom. The summed E-state index contributed by atoms with van der Waals surface area (Å²) >= 11 is 0. The van der Waals surface area contributed by atoms with Crippen LogP contribution < -0.4 is 0 Å². The zero-order valence-corrected chi connectivity index (χ0v) is 10.4. The molecule has 0 amide bonds. The molecule has 90 valence electrons. The maximum atomic E-state index is 13.4. The highest BCUT2D eigenvalue weighted by atomic mass is 19.1. The number of nitrogens with one attached hydrogen (secondary N) is 1. The molecule has 0 unspecified atom stereocenters. The first-order valence-corrected chi connectivity index (χ1v) is 5.92. The van der Waals surface area contributed by atoms with Crippen LogP contribution >= 0.6 is 0 Å². The van der Waals surface area contributed by atoms with E-state index in [0.717, 1.165) is 23.2 Å². The number of carbonyl (C=O) groups excluding carboxylic acids is 1. The number of hydrogen-bond acceptors (Lipinski definition) is 1. The van der Waals surface area contributed by atoms with Crippen molar-refractivity contribution in [3.63, 3.8) is 0 Å². The van der Waals surface area contributed by atoms with Crippen molar-refractivity contribution < 1.29 is 9.18 Å². The monoisotopic (exact) mass is 233 g/mol. The molecule has 0 aliphatic heterocycles. The Morgan fingerprint density at radius 1 is 1.35 bits per heavy atom. The predicted molar refractivity (Wildman–Crippen MR) is 67.0 cm³/mol. The molecule has 3 heteroatoms. The lowest BCUT2D eigenvalue weighted by molar-refractivity contribution is 0.0989. The quantitative estimate of drug-likeness (QED) is 0.804. The molecular formula is C14H16FNO. The third kappa shape index (κ3) is 1.86. The molecule has 0 aliphatic carbocycles. The smallest absolute Gasteiger partial charge is 0.165 e. The van der Waals surface area contributed by atoms with Gasteiger partial charge in [-0.15, -0.1) is 0 Å². The number of fused-ring (bicyclic) bond motifs is 1. The van der Waals surface area contributed by atoms with Gasteiger partial charge in [-0.1, -0.05) is 13.8 Å². The largest absolute Gasteiger partial charge is 0.358 e. The van der Waals surface area contributed by atoms with Gasteiger partial charge in [-0.05, 0) is 31.0 Å². The van der Waals surface area contributed by atoms with Gasteiger partial charge in [0.2, 0.25) is 0 Å². The van der Waals surface area contributed by atoms with Gasteiger partial charge >= 0.3 is 0 Å². The Hall–Kier alpha value is -1.64. The van der Waals surface area contributed by atoms with E-state index in [0.29, 0.717) is 17.4 Å². The first kappa shape index (κ1) is 11.8. The van der Waals surface area contributed by atoms with Gasteiger partial charge in [0.1, 0.15) is 5.82 Å². The van der Waals surface area contributed by atoms with Crippen LogP contribution in [0.5, 0.6) is 0 Å². The minimum Gasteiger partial charge on any atom is -0.358 e. The van der Waals surface area contributed by atoms with Gasteiger partial charge in [0.15, 0.2) is 5.78 Å². The van der Waals surface area contributed by atoms with Crippen molar-refractivity contribution >= 4 is 16.7 Å². The minimum atomic E-state index is -0.290. The molecule has 2 rings (SSSR count). The number of rotatable bonds is 3. The molecule has 0 atom stereocenters. The maximum Gasteiger partial charge on any atom is 0.165 e. The molecule has 1 heterocycles. The zero-order valence-electron chi connectivity index (χ0n) is 10.4. The van der Waals surface area contributed by atoms with Crippen LogP contribution in [0.25, 0.3) is 10.9 Å². The van der Waals surface area contributed by atoms with E-state index in [1.54, 1.807) is 0 Å². The normalized spacial score (nSPS) is 11.1. The van der Waals surface area contributed by atoms with E-state index >= 15 is 0 Å². The van der Waals surface area contributed by atoms with Gasteiger partial charge in [-0.2, -0.15) is 0 Å². The molecule has 0 saturated carbocycles. The van der Waals surface area contributed by atoms with E-state index in [9.17, 15) is 9.18 Å². The summed E-state index contributed by atoms with van der Waals surface area (Å²) in [5.41, 5.74) is 3.28. The number of ketones is 1. The van der Waals surface area contributed by atoms with Crippen LogP contribution in [0.4, 0.5) is 4.39 Å². The van der Waals surface area contributed by atoms with E-state index in [1.807, 2.05) is 20.8 Å². The third-order valence-electron chi connectivity index (χ3n) is 3.10. The molecule has 0 saturated heterocycles. The second kappa shape index (κ2) is 4.32. The molecule has 0 bridgehead atoms. The molecule has 17 heavy (non-hydrogen) atoms. The second-order valence-corrected chi connectivity index (χ2v) is 4.25. The molecule has 0 aliphatic rings. The molecule has 1 aromatic heterocycles. The van der Waals surface area contributed by atoms with Gasteiger partial charge in [-0.3, -0.25) is 4.79 Å². The highest BCUT2D eigenvalue weighted by Gasteiger charge is 2.17. The highest BCUT2D eigenvalue weighted by molar-refractivity contribution is 6.09. The third-order valence-corrected chi connectivity index (χ3v) is 3.10. The number of hydrogen-bond donors (Lipinski definition) is 1. The SMILES string of the molecule is CCC(=O)c1c(CC)[nH]c2c(C)cc(F)cc12. The van der Waals surface area contributed by atoms with Gasteiger partial charge in [0, 0.05) is 28.6 Å². The van der Waals surface area contributed by atoms with Crippen molar-refractivity contribution in [1.82, 2.24) is 4.98 Å². The Morgan fingerprint density at radius 3 is 2.65 bits per heavy atom. The van der Waals surface area contributed by atoms with Crippen LogP contribution in [0.15, 0.2) is 12.1 Å². The lowest BCUT2D eigenvalue weighted by atomic mass is 10.0. The first-order chi connectivity index (χ1) is 8.08. The van der Waals surface area contributed by atoms with Gasteiger partial charge in [0.25, 0.3) is 0 Å². The van der Waals surface area contributed by atoms with Crippen LogP contribution in [0, 0.1) is 12.7 Å². The maximum absolute atomic E-state index is 13.4. The van der Waals surface area contributed by atoms with Gasteiger partial charge in [-0.25, -0.2) is 4.39 Å². The number of carbonyl (C=O) groups is 1. The van der Waals surface area contributed by atoms with E-state index in [-0.39, 0.29) is 11.6 Å². The van der Waals surface area contributed by atoms with Crippen LogP contribution in [0.2, 0.25) is 0 Å². The Bertz CT molecular complexity index is 583. The van der Waals surface area contributed by atoms with Gasteiger partial charge < -0.3 is 4.98 Å². The van der Waals surface area contributed by atoms with Crippen molar-refractivity contribution in [2.45, 2.75) is 33.6 Å². The number of aromatic nitrogens is 1. The van der Waals surface area contributed by atoms with Crippen LogP contribution in [-0.2, 0) is 6.42 Å². The fraction of sp³-hybridized carbons (Fsp3) is 0.357. The summed E-state index contributed by atoms with van der Waals surface area (Å²) < 4.78 is 13.4. The van der Waals surface area contributed by atoms with E-state index in [2.05, 4.69) is 4.98 Å². The molecule has 2 nitrogen and oxygen atoms in total. The van der Waals surface area contributed by atoms with Crippen molar-refractivity contribution in [3.8, 4) is 0 Å². The first-order valence-electron chi connectivity index (χ1n) is 5.92. The minimum absolute atomic E-state index is 0.0677. The highest BCUT2D eigenvalue weighted by Crippen LogP contribution is 2.27. The lowest BCUT2D eigenvalue weighted by Gasteiger charge is -2.00. The molecule has 0 fully saturated rings. The van der Waals surface area contributed by atoms with Crippen molar-refractivity contribution in [2.75, 3.05) is 0 Å². The summed E-state index contributed by atoms with van der Waals surface area (Å²) in [6, 6.07) is 2.93. The van der Waals surface area contributed by atoms with E-state index in [1.165, 1.54) is 12.1 Å². The lowest BCUT2D eigenvalue weighted by Crippen LogP contribution is -1.99. The fourth-order valence-electron chi connectivity index (χ4n) is 2.24. The molecule has 1 N–H and O–H groups in total. The average Bonchev–Trinajstić information content (AvgIpc) is 2.66. The second-order valence-electron chi connectivity index (χ2n) is 4.25. The van der Waals surface area contributed by atoms with E-state index < -0.39 is 0 Å². The zero-order chi connectivity index (χ0) is 12.6. The number of aryl methyl sites for hydroxylation is 2. The Balaban J connectivity index is 2.83. The molecule has 2 aromatic rings. The number of halogens is 1. The fourth-order valence-corrected chi connectivity index (χ4v) is 2.24. The standard InChI is InChI=1S/C14H16FNO/c1-4-11-13(12(17)5-2)10-7-9(15)6-8(3)14(10)16-11/h6-7,16H,4-5H2,1-3H3. The average molecular weight is 233 g/mol. The molecule has 1 aromatic carbocycles. The summed E-state index contributed by atoms with van der Waals surface area (Å²) in [4.78, 5) is 15.2. The number of aromatic amines is 1. The summed E-state index contributed by atoms with van der Waals surface area (Å²) in [5, 5.41) is 0.714. The Labute approximate surface area is 99.8 Å². The van der Waals surface area contributed by atoms with Crippen molar-refractivity contribution in [2.24, 2.45) is 0 Å². The summed E-state index contributed by atoms with van der Waals surface area (Å²) in [5.74, 6) is -0.222. The van der Waals surface area contributed by atoms with Crippen LogP contribution in [0.1, 0.15) is 41.9 Å². The van der Waals surface area contributed by atoms with E-state index in [4.69, 9.17) is 0 Å². The number of Topliss-reactive ketones (excluding diaryl/α,β-unsaturated/α-hetero) is 1.